The van der Waals surface area contributed by atoms with E-state index in [9.17, 15) is 0 Å². The zero-order valence-corrected chi connectivity index (χ0v) is 10.8. The largest absolute Gasteiger partial charge is 0.381 e. The van der Waals surface area contributed by atoms with Crippen LogP contribution in [0.1, 0.15) is 51.9 Å². The van der Waals surface area contributed by atoms with Gasteiger partial charge < -0.3 is 10.1 Å². The second kappa shape index (κ2) is 6.02. The van der Waals surface area contributed by atoms with Crippen LogP contribution in [0, 0.1) is 11.3 Å². The highest BCUT2D eigenvalue weighted by Crippen LogP contribution is 2.29. The molecule has 1 saturated carbocycles. The molecule has 2 fully saturated rings. The van der Waals surface area contributed by atoms with Crippen molar-refractivity contribution < 1.29 is 4.74 Å². The van der Waals surface area contributed by atoms with E-state index in [0.29, 0.717) is 5.41 Å². The van der Waals surface area contributed by atoms with Gasteiger partial charge in [0.15, 0.2) is 0 Å². The molecule has 0 aromatic rings. The van der Waals surface area contributed by atoms with Gasteiger partial charge in [-0.25, -0.2) is 0 Å². The molecular weight excluding hydrogens is 198 g/mol. The Kier molecular flexibility index (Phi) is 4.66. The first-order valence-electron chi connectivity index (χ1n) is 7.07. The maximum absolute atomic E-state index is 5.43. The molecule has 1 aliphatic heterocycles. The molecule has 2 heteroatoms. The summed E-state index contributed by atoms with van der Waals surface area (Å²) in [6, 6.07) is 0. The lowest BCUT2D eigenvalue weighted by Crippen LogP contribution is -2.38. The Morgan fingerprint density at radius 2 is 1.81 bits per heavy atom. The number of nitrogens with one attached hydrogen (secondary N) is 1. The minimum absolute atomic E-state index is 0.493. The van der Waals surface area contributed by atoms with Gasteiger partial charge in [0.2, 0.25) is 0 Å². The highest BCUT2D eigenvalue weighted by Gasteiger charge is 2.27. The van der Waals surface area contributed by atoms with Crippen molar-refractivity contribution in [1.29, 1.82) is 0 Å². The van der Waals surface area contributed by atoms with Gasteiger partial charge in [-0.1, -0.05) is 26.2 Å². The average Bonchev–Trinajstić information content (AvgIpc) is 2.31. The third-order valence-corrected chi connectivity index (χ3v) is 4.41. The average molecular weight is 225 g/mol. The van der Waals surface area contributed by atoms with Gasteiger partial charge in [0.25, 0.3) is 0 Å². The Hall–Kier alpha value is -0.0800. The summed E-state index contributed by atoms with van der Waals surface area (Å²) in [5, 5.41) is 3.71. The number of hydrogen-bond donors (Lipinski definition) is 1. The molecule has 94 valence electrons. The molecule has 1 heterocycles. The lowest BCUT2D eigenvalue weighted by molar-refractivity contribution is 0.0236. The van der Waals surface area contributed by atoms with E-state index >= 15 is 0 Å². The minimum atomic E-state index is 0.493. The van der Waals surface area contributed by atoms with Crippen molar-refractivity contribution in [2.24, 2.45) is 11.3 Å². The molecule has 16 heavy (non-hydrogen) atoms. The molecule has 0 atom stereocenters. The summed E-state index contributed by atoms with van der Waals surface area (Å²) in [4.78, 5) is 0. The first-order chi connectivity index (χ1) is 7.79. The van der Waals surface area contributed by atoms with Gasteiger partial charge in [0.1, 0.15) is 0 Å². The SMILES string of the molecule is CC1(CNCC2CCCCC2)CCOCC1. The Morgan fingerprint density at radius 3 is 2.50 bits per heavy atom. The topological polar surface area (TPSA) is 21.3 Å². The van der Waals surface area contributed by atoms with Gasteiger partial charge in [-0.05, 0) is 43.6 Å². The van der Waals surface area contributed by atoms with Gasteiger partial charge in [0, 0.05) is 19.8 Å². The smallest absolute Gasteiger partial charge is 0.0471 e. The molecule has 1 aliphatic carbocycles. The standard InChI is InChI=1S/C14H27NO/c1-14(7-9-16-10-8-14)12-15-11-13-5-3-2-4-6-13/h13,15H,2-12H2,1H3. The minimum Gasteiger partial charge on any atom is -0.381 e. The van der Waals surface area contributed by atoms with Crippen LogP contribution in [0.25, 0.3) is 0 Å². The van der Waals surface area contributed by atoms with Crippen molar-refractivity contribution in [1.82, 2.24) is 5.32 Å². The molecule has 0 spiro atoms. The van der Waals surface area contributed by atoms with E-state index in [0.717, 1.165) is 19.1 Å². The fourth-order valence-corrected chi connectivity index (χ4v) is 3.01. The van der Waals surface area contributed by atoms with Gasteiger partial charge in [-0.2, -0.15) is 0 Å². The van der Waals surface area contributed by atoms with Crippen molar-refractivity contribution in [2.75, 3.05) is 26.3 Å². The lowest BCUT2D eigenvalue weighted by atomic mass is 9.82. The van der Waals surface area contributed by atoms with Gasteiger partial charge >= 0.3 is 0 Å². The van der Waals surface area contributed by atoms with E-state index in [1.807, 2.05) is 0 Å². The molecule has 0 aromatic heterocycles. The van der Waals surface area contributed by atoms with Crippen molar-refractivity contribution in [3.8, 4) is 0 Å². The quantitative estimate of drug-likeness (QED) is 0.794. The second-order valence-corrected chi connectivity index (χ2v) is 6.06. The monoisotopic (exact) mass is 225 g/mol. The molecule has 0 aromatic carbocycles. The van der Waals surface area contributed by atoms with Crippen molar-refractivity contribution >= 4 is 0 Å². The van der Waals surface area contributed by atoms with E-state index in [1.54, 1.807) is 0 Å². The normalized spacial score (nSPS) is 26.8. The molecule has 1 N–H and O–H groups in total. The molecule has 1 saturated heterocycles. The molecule has 2 nitrogen and oxygen atoms in total. The molecular formula is C14H27NO. The first kappa shape index (κ1) is 12.4. The van der Waals surface area contributed by atoms with E-state index in [4.69, 9.17) is 4.74 Å². The van der Waals surface area contributed by atoms with Gasteiger partial charge in [-0.3, -0.25) is 0 Å². The molecule has 0 amide bonds. The van der Waals surface area contributed by atoms with E-state index < -0.39 is 0 Å². The summed E-state index contributed by atoms with van der Waals surface area (Å²) in [7, 11) is 0. The zero-order valence-electron chi connectivity index (χ0n) is 10.8. The second-order valence-electron chi connectivity index (χ2n) is 6.06. The number of ether oxygens (including phenoxy) is 1. The highest BCUT2D eigenvalue weighted by atomic mass is 16.5. The predicted octanol–water partition coefficient (Wildman–Crippen LogP) is 2.97. The van der Waals surface area contributed by atoms with Crippen LogP contribution in [0.3, 0.4) is 0 Å². The fourth-order valence-electron chi connectivity index (χ4n) is 3.01. The van der Waals surface area contributed by atoms with Crippen molar-refractivity contribution in [3.63, 3.8) is 0 Å². The Morgan fingerprint density at radius 1 is 1.12 bits per heavy atom. The summed E-state index contributed by atoms with van der Waals surface area (Å²) < 4.78 is 5.43. The van der Waals surface area contributed by atoms with E-state index in [2.05, 4.69) is 12.2 Å². The first-order valence-corrected chi connectivity index (χ1v) is 7.07. The molecule has 0 radical (unpaired) electrons. The third-order valence-electron chi connectivity index (χ3n) is 4.41. The highest BCUT2D eigenvalue weighted by molar-refractivity contribution is 4.80. The fraction of sp³-hybridized carbons (Fsp3) is 1.00. The van der Waals surface area contributed by atoms with Crippen LogP contribution in [0.4, 0.5) is 0 Å². The Bertz CT molecular complexity index is 193. The zero-order chi connectivity index (χ0) is 11.3. The molecule has 2 aliphatic rings. The lowest BCUT2D eigenvalue weighted by Gasteiger charge is -2.34. The number of rotatable bonds is 4. The maximum Gasteiger partial charge on any atom is 0.0471 e. The Balaban J connectivity index is 1.62. The van der Waals surface area contributed by atoms with Gasteiger partial charge in [0.05, 0.1) is 0 Å². The van der Waals surface area contributed by atoms with E-state index in [1.165, 1.54) is 58.0 Å². The third kappa shape index (κ3) is 3.74. The number of hydrogen-bond acceptors (Lipinski definition) is 2. The summed E-state index contributed by atoms with van der Waals surface area (Å²) in [5.41, 5.74) is 0.493. The van der Waals surface area contributed by atoms with Crippen LogP contribution >= 0.6 is 0 Å². The van der Waals surface area contributed by atoms with Crippen molar-refractivity contribution in [2.45, 2.75) is 51.9 Å². The van der Waals surface area contributed by atoms with Gasteiger partial charge in [-0.15, -0.1) is 0 Å². The Labute approximate surface area is 100 Å². The van der Waals surface area contributed by atoms with Crippen LogP contribution in [-0.2, 0) is 4.74 Å². The molecule has 2 rings (SSSR count). The van der Waals surface area contributed by atoms with E-state index in [-0.39, 0.29) is 0 Å². The summed E-state index contributed by atoms with van der Waals surface area (Å²) >= 11 is 0. The van der Waals surface area contributed by atoms with Crippen LogP contribution in [0.5, 0.6) is 0 Å². The van der Waals surface area contributed by atoms with Crippen LogP contribution in [0.15, 0.2) is 0 Å². The van der Waals surface area contributed by atoms with Crippen LogP contribution in [-0.4, -0.2) is 26.3 Å². The molecule has 0 bridgehead atoms. The summed E-state index contributed by atoms with van der Waals surface area (Å²) in [6.45, 7) is 6.76. The predicted molar refractivity (Wildman–Crippen MR) is 67.6 cm³/mol. The maximum atomic E-state index is 5.43. The summed E-state index contributed by atoms with van der Waals surface area (Å²) in [6.07, 6.45) is 9.73. The van der Waals surface area contributed by atoms with Crippen LogP contribution < -0.4 is 5.32 Å². The summed E-state index contributed by atoms with van der Waals surface area (Å²) in [5.74, 6) is 0.956. The van der Waals surface area contributed by atoms with Crippen LogP contribution in [0.2, 0.25) is 0 Å². The van der Waals surface area contributed by atoms with Crippen molar-refractivity contribution in [3.05, 3.63) is 0 Å². The molecule has 0 unspecified atom stereocenters.